The maximum absolute atomic E-state index is 13.8. The molecule has 2 heterocycles. The highest BCUT2D eigenvalue weighted by molar-refractivity contribution is 6.31. The fourth-order valence-electron chi connectivity index (χ4n) is 4.93. The molecular formula is C30H29Cl2N3O4. The van der Waals surface area contributed by atoms with E-state index in [1.54, 1.807) is 30.2 Å². The number of hydrogen-bond acceptors (Lipinski definition) is 5. The van der Waals surface area contributed by atoms with Crippen LogP contribution in [0.5, 0.6) is 17.2 Å². The average Bonchev–Trinajstić information content (AvgIpc) is 3.48. The van der Waals surface area contributed by atoms with E-state index in [0.717, 1.165) is 30.4 Å². The molecule has 1 aliphatic rings. The maximum Gasteiger partial charge on any atom is 0.273 e. The zero-order valence-electron chi connectivity index (χ0n) is 21.7. The molecule has 4 aromatic rings. The van der Waals surface area contributed by atoms with Crippen molar-refractivity contribution in [3.05, 3.63) is 93.1 Å². The Hall–Kier alpha value is -3.68. The molecule has 0 fully saturated rings. The van der Waals surface area contributed by atoms with Gasteiger partial charge in [-0.15, -0.1) is 0 Å². The molecule has 0 bridgehead atoms. The van der Waals surface area contributed by atoms with Crippen LogP contribution in [0.3, 0.4) is 0 Å². The van der Waals surface area contributed by atoms with E-state index in [2.05, 4.69) is 17.1 Å². The molecule has 9 heteroatoms. The van der Waals surface area contributed by atoms with Gasteiger partial charge in [-0.05, 0) is 53.9 Å². The number of phenolic OH excluding ortho intramolecular Hbond substituents is 1. The molecule has 1 unspecified atom stereocenters. The number of aromatic hydroxyl groups is 1. The number of unbranched alkanes of at least 4 members (excludes halogenated alkanes) is 2. The number of benzene rings is 3. The standard InChI is InChI=1S/C30H29Cl2N3O4/c1-3-4-7-14-39-24-13-10-18(15-25(24)38-2)29-26-27(21-16-20(31)11-12-23(21)36)33-34-28(26)30(37)35(29)17-19-8-5-6-9-22(19)32/h5-6,8-13,15-16,29,36H,3-4,7,14,17H2,1-2H3,(H,33,34). The Balaban J connectivity index is 1.61. The van der Waals surface area contributed by atoms with Crippen LogP contribution in [0.1, 0.15) is 59.4 Å². The zero-order chi connectivity index (χ0) is 27.5. The minimum Gasteiger partial charge on any atom is -0.507 e. The topological polar surface area (TPSA) is 87.7 Å². The summed E-state index contributed by atoms with van der Waals surface area (Å²) in [5.41, 5.74) is 3.48. The summed E-state index contributed by atoms with van der Waals surface area (Å²) >= 11 is 12.8. The number of ether oxygens (including phenoxy) is 2. The number of fused-ring (bicyclic) bond motifs is 1. The van der Waals surface area contributed by atoms with Crippen LogP contribution in [0, 0.1) is 0 Å². The first kappa shape index (κ1) is 26.9. The van der Waals surface area contributed by atoms with Crippen molar-refractivity contribution in [2.24, 2.45) is 0 Å². The summed E-state index contributed by atoms with van der Waals surface area (Å²) in [5, 5.41) is 19.0. The lowest BCUT2D eigenvalue weighted by atomic mass is 9.95. The number of carbonyl (C=O) groups excluding carboxylic acids is 1. The summed E-state index contributed by atoms with van der Waals surface area (Å²) in [5.74, 6) is 0.990. The Labute approximate surface area is 237 Å². The highest BCUT2D eigenvalue weighted by atomic mass is 35.5. The van der Waals surface area contributed by atoms with Gasteiger partial charge in [-0.3, -0.25) is 9.89 Å². The number of rotatable bonds is 10. The fraction of sp³-hybridized carbons (Fsp3) is 0.267. The molecule has 202 valence electrons. The summed E-state index contributed by atoms with van der Waals surface area (Å²) in [6.45, 7) is 3.01. The quantitative estimate of drug-likeness (QED) is 0.195. The van der Waals surface area contributed by atoms with Crippen LogP contribution in [0.2, 0.25) is 10.0 Å². The van der Waals surface area contributed by atoms with E-state index in [9.17, 15) is 9.90 Å². The van der Waals surface area contributed by atoms with Crippen LogP contribution < -0.4 is 9.47 Å². The number of aromatic nitrogens is 2. The van der Waals surface area contributed by atoms with Crippen LogP contribution in [0.25, 0.3) is 11.3 Å². The van der Waals surface area contributed by atoms with E-state index >= 15 is 0 Å². The number of halogens is 2. The molecule has 5 rings (SSSR count). The van der Waals surface area contributed by atoms with Crippen molar-refractivity contribution >= 4 is 29.1 Å². The van der Waals surface area contributed by atoms with E-state index < -0.39 is 6.04 Å². The number of amides is 1. The molecule has 1 atom stereocenters. The van der Waals surface area contributed by atoms with Crippen molar-refractivity contribution in [3.63, 3.8) is 0 Å². The first-order chi connectivity index (χ1) is 18.9. The molecule has 0 aliphatic carbocycles. The number of hydrogen-bond donors (Lipinski definition) is 2. The Bertz CT molecular complexity index is 1500. The monoisotopic (exact) mass is 565 g/mol. The van der Waals surface area contributed by atoms with Gasteiger partial charge in [0.05, 0.1) is 19.8 Å². The summed E-state index contributed by atoms with van der Waals surface area (Å²) in [6, 6.07) is 17.3. The first-order valence-electron chi connectivity index (χ1n) is 12.8. The second-order valence-corrected chi connectivity index (χ2v) is 10.3. The lowest BCUT2D eigenvalue weighted by molar-refractivity contribution is 0.0730. The molecule has 0 saturated carbocycles. The molecule has 0 saturated heterocycles. The van der Waals surface area contributed by atoms with E-state index in [-0.39, 0.29) is 18.2 Å². The summed E-state index contributed by atoms with van der Waals surface area (Å²) in [6.07, 6.45) is 3.15. The molecule has 7 nitrogen and oxygen atoms in total. The number of phenols is 1. The lowest BCUT2D eigenvalue weighted by Crippen LogP contribution is -2.29. The predicted octanol–water partition coefficient (Wildman–Crippen LogP) is 7.41. The van der Waals surface area contributed by atoms with Gasteiger partial charge >= 0.3 is 0 Å². The van der Waals surface area contributed by atoms with Crippen molar-refractivity contribution < 1.29 is 19.4 Å². The SMILES string of the molecule is CCCCCOc1ccc(C2c3c(-c4cc(Cl)ccc4O)n[nH]c3C(=O)N2Cc2ccccc2Cl)cc1OC. The van der Waals surface area contributed by atoms with Crippen LogP contribution in [0.4, 0.5) is 0 Å². The molecule has 1 amide bonds. The second-order valence-electron chi connectivity index (χ2n) is 9.42. The Morgan fingerprint density at radius 1 is 1.05 bits per heavy atom. The zero-order valence-corrected chi connectivity index (χ0v) is 23.2. The number of aromatic amines is 1. The van der Waals surface area contributed by atoms with Gasteiger partial charge in [0, 0.05) is 27.7 Å². The molecule has 1 aromatic heterocycles. The predicted molar refractivity (Wildman–Crippen MR) is 152 cm³/mol. The van der Waals surface area contributed by atoms with E-state index in [1.165, 1.54) is 6.07 Å². The summed E-state index contributed by atoms with van der Waals surface area (Å²) in [4.78, 5) is 15.5. The van der Waals surface area contributed by atoms with Crippen LogP contribution in [-0.4, -0.2) is 39.8 Å². The highest BCUT2D eigenvalue weighted by Gasteiger charge is 2.43. The van der Waals surface area contributed by atoms with Gasteiger partial charge in [0.15, 0.2) is 11.5 Å². The second kappa shape index (κ2) is 11.6. The van der Waals surface area contributed by atoms with Crippen molar-refractivity contribution in [2.75, 3.05) is 13.7 Å². The van der Waals surface area contributed by atoms with Crippen molar-refractivity contribution in [1.29, 1.82) is 0 Å². The summed E-state index contributed by atoms with van der Waals surface area (Å²) < 4.78 is 11.7. The Kier molecular flexibility index (Phi) is 8.00. The van der Waals surface area contributed by atoms with Gasteiger partial charge in [0.25, 0.3) is 5.91 Å². The molecule has 0 spiro atoms. The lowest BCUT2D eigenvalue weighted by Gasteiger charge is -2.27. The minimum atomic E-state index is -0.543. The highest BCUT2D eigenvalue weighted by Crippen LogP contribution is 2.47. The number of carbonyl (C=O) groups is 1. The van der Waals surface area contributed by atoms with Crippen molar-refractivity contribution in [3.8, 4) is 28.5 Å². The average molecular weight is 566 g/mol. The molecular weight excluding hydrogens is 537 g/mol. The van der Waals surface area contributed by atoms with E-state index in [1.807, 2.05) is 36.4 Å². The molecule has 1 aliphatic heterocycles. The van der Waals surface area contributed by atoms with E-state index in [0.29, 0.717) is 50.7 Å². The number of nitrogens with zero attached hydrogens (tertiary/aromatic N) is 2. The first-order valence-corrected chi connectivity index (χ1v) is 13.6. The third kappa shape index (κ3) is 5.29. The number of H-pyrrole nitrogens is 1. The largest absolute Gasteiger partial charge is 0.507 e. The molecule has 3 aromatic carbocycles. The molecule has 0 radical (unpaired) electrons. The van der Waals surface area contributed by atoms with Crippen molar-refractivity contribution in [2.45, 2.75) is 38.8 Å². The maximum atomic E-state index is 13.8. The van der Waals surface area contributed by atoms with Crippen LogP contribution in [-0.2, 0) is 6.54 Å². The van der Waals surface area contributed by atoms with Crippen molar-refractivity contribution in [1.82, 2.24) is 15.1 Å². The Morgan fingerprint density at radius 3 is 2.64 bits per heavy atom. The van der Waals surface area contributed by atoms with Gasteiger partial charge in [-0.25, -0.2) is 0 Å². The molecule has 2 N–H and O–H groups in total. The van der Waals surface area contributed by atoms with Gasteiger partial charge < -0.3 is 19.5 Å². The normalized spacial score (nSPS) is 14.5. The van der Waals surface area contributed by atoms with Gasteiger partial charge in [0.2, 0.25) is 0 Å². The van der Waals surface area contributed by atoms with Gasteiger partial charge in [-0.2, -0.15) is 5.10 Å². The third-order valence-electron chi connectivity index (χ3n) is 6.88. The van der Waals surface area contributed by atoms with Gasteiger partial charge in [-0.1, -0.05) is 67.2 Å². The Morgan fingerprint density at radius 2 is 1.87 bits per heavy atom. The molecule has 39 heavy (non-hydrogen) atoms. The summed E-state index contributed by atoms with van der Waals surface area (Å²) in [7, 11) is 1.60. The smallest absolute Gasteiger partial charge is 0.273 e. The van der Waals surface area contributed by atoms with Crippen LogP contribution >= 0.6 is 23.2 Å². The number of nitrogens with one attached hydrogen (secondary N) is 1. The minimum absolute atomic E-state index is 0.0119. The fourth-order valence-corrected chi connectivity index (χ4v) is 5.29. The third-order valence-corrected chi connectivity index (χ3v) is 7.49. The van der Waals surface area contributed by atoms with Crippen LogP contribution in [0.15, 0.2) is 60.7 Å². The van der Waals surface area contributed by atoms with Gasteiger partial charge in [0.1, 0.15) is 17.1 Å². The van der Waals surface area contributed by atoms with E-state index in [4.69, 9.17) is 32.7 Å². The number of methoxy groups -OCH3 is 1.